The van der Waals surface area contributed by atoms with E-state index >= 15 is 0 Å². The van der Waals surface area contributed by atoms with Crippen LogP contribution in [0.1, 0.15) is 50.2 Å². The van der Waals surface area contributed by atoms with Crippen LogP contribution in [0.3, 0.4) is 0 Å². The Labute approximate surface area is 159 Å². The Morgan fingerprint density at radius 3 is 2.44 bits per heavy atom. The van der Waals surface area contributed by atoms with Crippen molar-refractivity contribution in [3.8, 4) is 0 Å². The molecule has 4 nitrogen and oxygen atoms in total. The molecule has 1 atom stereocenters. The van der Waals surface area contributed by atoms with Gasteiger partial charge in [-0.15, -0.1) is 0 Å². The molecule has 1 aromatic carbocycles. The summed E-state index contributed by atoms with van der Waals surface area (Å²) >= 11 is 0. The number of benzene rings is 1. The average molecular weight is 360 g/mol. The number of rotatable bonds is 2. The monoisotopic (exact) mass is 360 g/mol. The lowest BCUT2D eigenvalue weighted by molar-refractivity contribution is -0.121. The maximum absolute atomic E-state index is 13.3. The van der Waals surface area contributed by atoms with E-state index in [-0.39, 0.29) is 23.0 Å². The number of hydrogen-bond acceptors (Lipinski definition) is 3. The number of aryl methyl sites for hydroxylation is 1. The molecule has 0 saturated carbocycles. The highest BCUT2D eigenvalue weighted by Crippen LogP contribution is 2.48. The van der Waals surface area contributed by atoms with Gasteiger partial charge in [0, 0.05) is 42.4 Å². The standard InChI is InChI=1S/C23H24N2O2/c1-15-6-4-5-7-18(15)25-19-13-23(2,3)14-20(26)22(19)17(12-21(25)27)16-8-10-24-11-9-16/h4-11,17H,12-14H2,1-3H3. The second-order valence-corrected chi connectivity index (χ2v) is 8.35. The van der Waals surface area contributed by atoms with Gasteiger partial charge >= 0.3 is 0 Å². The van der Waals surface area contributed by atoms with Gasteiger partial charge in [0.15, 0.2) is 5.78 Å². The van der Waals surface area contributed by atoms with E-state index in [4.69, 9.17) is 0 Å². The lowest BCUT2D eigenvalue weighted by atomic mass is 9.69. The van der Waals surface area contributed by atoms with E-state index in [1.807, 2.05) is 43.3 Å². The molecule has 0 fully saturated rings. The molecule has 2 aliphatic rings. The smallest absolute Gasteiger partial charge is 0.232 e. The van der Waals surface area contributed by atoms with Gasteiger partial charge in [0.25, 0.3) is 0 Å². The molecule has 0 saturated heterocycles. The molecule has 4 rings (SSSR count). The van der Waals surface area contributed by atoms with Crippen LogP contribution in [-0.4, -0.2) is 16.7 Å². The topological polar surface area (TPSA) is 50.3 Å². The van der Waals surface area contributed by atoms with Crippen molar-refractivity contribution in [2.45, 2.75) is 46.0 Å². The minimum Gasteiger partial charge on any atom is -0.294 e. The first-order chi connectivity index (χ1) is 12.9. The molecule has 0 N–H and O–H groups in total. The normalized spacial score (nSPS) is 22.0. The number of hydrogen-bond donors (Lipinski definition) is 0. The molecule has 1 aliphatic carbocycles. The van der Waals surface area contributed by atoms with E-state index in [1.54, 1.807) is 17.3 Å². The molecule has 0 spiro atoms. The van der Waals surface area contributed by atoms with E-state index < -0.39 is 0 Å². The van der Waals surface area contributed by atoms with Crippen molar-refractivity contribution in [1.29, 1.82) is 0 Å². The van der Waals surface area contributed by atoms with E-state index in [1.165, 1.54) is 0 Å². The van der Waals surface area contributed by atoms with Gasteiger partial charge < -0.3 is 0 Å². The highest BCUT2D eigenvalue weighted by atomic mass is 16.2. The van der Waals surface area contributed by atoms with E-state index in [9.17, 15) is 9.59 Å². The van der Waals surface area contributed by atoms with Crippen LogP contribution >= 0.6 is 0 Å². The first kappa shape index (κ1) is 17.7. The third-order valence-electron chi connectivity index (χ3n) is 5.61. The van der Waals surface area contributed by atoms with Crippen LogP contribution in [0, 0.1) is 12.3 Å². The van der Waals surface area contributed by atoms with Crippen molar-refractivity contribution >= 4 is 17.4 Å². The number of para-hydroxylation sites is 1. The van der Waals surface area contributed by atoms with Gasteiger partial charge in [-0.05, 0) is 48.1 Å². The highest BCUT2D eigenvalue weighted by molar-refractivity contribution is 6.08. The molecular weight excluding hydrogens is 336 g/mol. The van der Waals surface area contributed by atoms with Crippen molar-refractivity contribution in [2.75, 3.05) is 4.90 Å². The van der Waals surface area contributed by atoms with Crippen molar-refractivity contribution in [2.24, 2.45) is 5.41 Å². The molecule has 4 heteroatoms. The number of pyridine rings is 1. The minimum absolute atomic E-state index is 0.0513. The first-order valence-corrected chi connectivity index (χ1v) is 9.42. The number of carbonyl (C=O) groups excluding carboxylic acids is 2. The maximum atomic E-state index is 13.3. The van der Waals surface area contributed by atoms with Gasteiger partial charge in [0.05, 0.1) is 5.69 Å². The zero-order valence-corrected chi connectivity index (χ0v) is 16.0. The van der Waals surface area contributed by atoms with Crippen LogP contribution in [-0.2, 0) is 9.59 Å². The summed E-state index contributed by atoms with van der Waals surface area (Å²) in [5, 5.41) is 0. The molecule has 1 amide bonds. The molecule has 1 unspecified atom stereocenters. The fourth-order valence-electron chi connectivity index (χ4n) is 4.39. The zero-order chi connectivity index (χ0) is 19.2. The Balaban J connectivity index is 1.92. The Hall–Kier alpha value is -2.75. The van der Waals surface area contributed by atoms with Crippen molar-refractivity contribution in [3.05, 3.63) is 71.2 Å². The SMILES string of the molecule is Cc1ccccc1N1C(=O)CC(c2ccncc2)C2=C1CC(C)(C)CC2=O. The second kappa shape index (κ2) is 6.45. The summed E-state index contributed by atoms with van der Waals surface area (Å²) in [6, 6.07) is 11.7. The van der Waals surface area contributed by atoms with Crippen LogP contribution in [0.25, 0.3) is 0 Å². The number of allylic oxidation sites excluding steroid dienone is 2. The fourth-order valence-corrected chi connectivity index (χ4v) is 4.39. The average Bonchev–Trinajstić information content (AvgIpc) is 2.62. The summed E-state index contributed by atoms with van der Waals surface area (Å²) in [6.07, 6.45) is 5.00. The third-order valence-corrected chi connectivity index (χ3v) is 5.61. The summed E-state index contributed by atoms with van der Waals surface area (Å²) in [4.78, 5) is 32.3. The quantitative estimate of drug-likeness (QED) is 0.789. The lowest BCUT2D eigenvalue weighted by Gasteiger charge is -2.43. The van der Waals surface area contributed by atoms with Crippen LogP contribution < -0.4 is 4.90 Å². The molecule has 0 bridgehead atoms. The fraction of sp³-hybridized carbons (Fsp3) is 0.348. The minimum atomic E-state index is -0.181. The van der Waals surface area contributed by atoms with E-state index in [2.05, 4.69) is 18.8 Å². The number of ketones is 1. The Morgan fingerprint density at radius 1 is 1.04 bits per heavy atom. The molecule has 2 aromatic rings. The van der Waals surface area contributed by atoms with Crippen molar-refractivity contribution in [3.63, 3.8) is 0 Å². The third kappa shape index (κ3) is 3.09. The zero-order valence-electron chi connectivity index (χ0n) is 16.0. The largest absolute Gasteiger partial charge is 0.294 e. The summed E-state index contributed by atoms with van der Waals surface area (Å²) in [6.45, 7) is 6.21. The number of nitrogens with zero attached hydrogens (tertiary/aromatic N) is 2. The summed E-state index contributed by atoms with van der Waals surface area (Å²) in [5.41, 5.74) is 4.44. The number of amides is 1. The van der Waals surface area contributed by atoms with E-state index in [0.29, 0.717) is 12.8 Å². The van der Waals surface area contributed by atoms with Crippen LogP contribution in [0.15, 0.2) is 60.1 Å². The van der Waals surface area contributed by atoms with Gasteiger partial charge in [-0.1, -0.05) is 32.0 Å². The molecule has 138 valence electrons. The molecule has 2 heterocycles. The van der Waals surface area contributed by atoms with Crippen LogP contribution in [0.4, 0.5) is 5.69 Å². The van der Waals surface area contributed by atoms with Crippen molar-refractivity contribution in [1.82, 2.24) is 4.98 Å². The first-order valence-electron chi connectivity index (χ1n) is 9.42. The van der Waals surface area contributed by atoms with Gasteiger partial charge in [-0.3, -0.25) is 19.5 Å². The predicted octanol–water partition coefficient (Wildman–Crippen LogP) is 4.55. The Kier molecular flexibility index (Phi) is 4.22. The van der Waals surface area contributed by atoms with Gasteiger partial charge in [-0.2, -0.15) is 0 Å². The lowest BCUT2D eigenvalue weighted by Crippen LogP contribution is -2.44. The molecular formula is C23H24N2O2. The Bertz CT molecular complexity index is 944. The molecule has 27 heavy (non-hydrogen) atoms. The van der Waals surface area contributed by atoms with Gasteiger partial charge in [0.1, 0.15) is 0 Å². The van der Waals surface area contributed by atoms with Gasteiger partial charge in [-0.25, -0.2) is 0 Å². The number of anilines is 1. The number of aromatic nitrogens is 1. The van der Waals surface area contributed by atoms with E-state index in [0.717, 1.165) is 34.5 Å². The van der Waals surface area contributed by atoms with Crippen LogP contribution in [0.5, 0.6) is 0 Å². The van der Waals surface area contributed by atoms with Crippen LogP contribution in [0.2, 0.25) is 0 Å². The highest BCUT2D eigenvalue weighted by Gasteiger charge is 2.44. The predicted molar refractivity (Wildman–Crippen MR) is 105 cm³/mol. The molecule has 0 radical (unpaired) electrons. The van der Waals surface area contributed by atoms with Gasteiger partial charge in [0.2, 0.25) is 5.91 Å². The second-order valence-electron chi connectivity index (χ2n) is 8.35. The Morgan fingerprint density at radius 2 is 1.74 bits per heavy atom. The summed E-state index contributed by atoms with van der Waals surface area (Å²) in [7, 11) is 0. The maximum Gasteiger partial charge on any atom is 0.232 e. The number of Topliss-reactive ketones (excluding diaryl/α,β-unsaturated/α-hetero) is 1. The molecule has 1 aliphatic heterocycles. The number of carbonyl (C=O) groups is 2. The van der Waals surface area contributed by atoms with Crippen molar-refractivity contribution < 1.29 is 9.59 Å². The summed E-state index contributed by atoms with van der Waals surface area (Å²) < 4.78 is 0. The summed E-state index contributed by atoms with van der Waals surface area (Å²) in [5.74, 6) is 0.0314. The molecule has 1 aromatic heterocycles.